The molecule has 0 aromatic carbocycles. The summed E-state index contributed by atoms with van der Waals surface area (Å²) >= 11 is 0. The average Bonchev–Trinajstić information content (AvgIpc) is 1.60. The number of amides is 1. The van der Waals surface area contributed by atoms with Crippen LogP contribution in [0.2, 0.25) is 0 Å². The molecule has 0 radical (unpaired) electrons. The number of primary amides is 1. The van der Waals surface area contributed by atoms with E-state index in [1.165, 1.54) is 6.08 Å². The molecule has 0 saturated carbocycles. The summed E-state index contributed by atoms with van der Waals surface area (Å²) in [5.41, 5.74) is 10.7. The van der Waals surface area contributed by atoms with E-state index in [4.69, 9.17) is 11.5 Å². The fraction of sp³-hybridized carbons (Fsp3) is 0.571. The number of hydrogen-bond acceptors (Lipinski definition) is 2. The molecular formula is C7H14N2O. The van der Waals surface area contributed by atoms with Gasteiger partial charge < -0.3 is 11.5 Å². The monoisotopic (exact) mass is 142 g/mol. The van der Waals surface area contributed by atoms with Crippen LogP contribution < -0.4 is 11.5 Å². The molecule has 4 N–H and O–H groups in total. The van der Waals surface area contributed by atoms with Gasteiger partial charge in [0.25, 0.3) is 0 Å². The molecule has 0 aromatic heterocycles. The van der Waals surface area contributed by atoms with Crippen molar-refractivity contribution in [1.29, 1.82) is 0 Å². The molecule has 0 aromatic rings. The van der Waals surface area contributed by atoms with Crippen molar-refractivity contribution in [2.45, 2.75) is 20.8 Å². The summed E-state index contributed by atoms with van der Waals surface area (Å²) in [6.45, 7) is 5.76. The first-order chi connectivity index (χ1) is 4.34. The van der Waals surface area contributed by atoms with Crippen LogP contribution >= 0.6 is 0 Å². The van der Waals surface area contributed by atoms with E-state index >= 15 is 0 Å². The second-order valence-electron chi connectivity index (χ2n) is 3.25. The Hall–Kier alpha value is -0.990. The van der Waals surface area contributed by atoms with Crippen molar-refractivity contribution in [1.82, 2.24) is 0 Å². The molecule has 0 heterocycles. The van der Waals surface area contributed by atoms with E-state index in [-0.39, 0.29) is 5.41 Å². The lowest BCUT2D eigenvalue weighted by Gasteiger charge is -2.17. The van der Waals surface area contributed by atoms with Gasteiger partial charge in [-0.25, -0.2) is 0 Å². The molecule has 0 fully saturated rings. The van der Waals surface area contributed by atoms with Gasteiger partial charge in [0.15, 0.2) is 0 Å². The molecule has 0 atom stereocenters. The molecule has 0 rings (SSSR count). The van der Waals surface area contributed by atoms with Gasteiger partial charge in [-0.2, -0.15) is 0 Å². The Labute approximate surface area is 61.1 Å². The third kappa shape index (κ3) is 3.12. The summed E-state index contributed by atoms with van der Waals surface area (Å²) in [4.78, 5) is 10.3. The number of allylic oxidation sites excluding steroid dienone is 1. The van der Waals surface area contributed by atoms with Crippen LogP contribution in [0.1, 0.15) is 20.8 Å². The predicted octanol–water partition coefficient (Wildman–Crippen LogP) is 0.360. The number of hydrogen-bond donors (Lipinski definition) is 2. The third-order valence-electron chi connectivity index (χ3n) is 1.16. The zero-order valence-electron chi connectivity index (χ0n) is 6.64. The van der Waals surface area contributed by atoms with Crippen molar-refractivity contribution in [3.8, 4) is 0 Å². The Bertz CT molecular complexity index is 165. The molecule has 0 unspecified atom stereocenters. The average molecular weight is 142 g/mol. The van der Waals surface area contributed by atoms with E-state index in [1.54, 1.807) is 0 Å². The summed E-state index contributed by atoms with van der Waals surface area (Å²) in [7, 11) is 0. The van der Waals surface area contributed by atoms with E-state index in [0.29, 0.717) is 5.70 Å². The standard InChI is InChI=1S/C7H14N2O/c1-7(2,3)5(8)4-6(9)10/h4H,8H2,1-3H3,(H2,9,10). The van der Waals surface area contributed by atoms with Crippen LogP contribution in [0.25, 0.3) is 0 Å². The van der Waals surface area contributed by atoms with Gasteiger partial charge in [0.2, 0.25) is 5.91 Å². The van der Waals surface area contributed by atoms with Crippen LogP contribution in [-0.2, 0) is 4.79 Å². The van der Waals surface area contributed by atoms with Gasteiger partial charge in [-0.15, -0.1) is 0 Å². The molecule has 3 nitrogen and oxygen atoms in total. The Morgan fingerprint density at radius 1 is 1.30 bits per heavy atom. The summed E-state index contributed by atoms with van der Waals surface area (Å²) < 4.78 is 0. The predicted molar refractivity (Wildman–Crippen MR) is 40.9 cm³/mol. The van der Waals surface area contributed by atoms with Crippen LogP contribution in [0.4, 0.5) is 0 Å². The minimum Gasteiger partial charge on any atom is -0.401 e. The van der Waals surface area contributed by atoms with Crippen molar-refractivity contribution < 1.29 is 4.79 Å². The van der Waals surface area contributed by atoms with Crippen molar-refractivity contribution in [3.63, 3.8) is 0 Å². The van der Waals surface area contributed by atoms with Crippen LogP contribution in [-0.4, -0.2) is 5.91 Å². The lowest BCUT2D eigenvalue weighted by atomic mass is 9.92. The van der Waals surface area contributed by atoms with Crippen LogP contribution in [0.5, 0.6) is 0 Å². The molecule has 0 aliphatic carbocycles. The summed E-state index contributed by atoms with van der Waals surface area (Å²) in [5, 5.41) is 0. The van der Waals surface area contributed by atoms with Gasteiger partial charge in [0, 0.05) is 17.2 Å². The molecule has 3 heteroatoms. The topological polar surface area (TPSA) is 69.1 Å². The van der Waals surface area contributed by atoms with Crippen molar-refractivity contribution >= 4 is 5.91 Å². The van der Waals surface area contributed by atoms with Gasteiger partial charge in [0.05, 0.1) is 0 Å². The van der Waals surface area contributed by atoms with Crippen LogP contribution in [0.3, 0.4) is 0 Å². The molecular weight excluding hydrogens is 128 g/mol. The summed E-state index contributed by atoms with van der Waals surface area (Å²) in [6.07, 6.45) is 1.25. The maximum absolute atomic E-state index is 10.3. The number of carbonyl (C=O) groups excluding carboxylic acids is 1. The zero-order chi connectivity index (χ0) is 8.36. The molecule has 58 valence electrons. The van der Waals surface area contributed by atoms with E-state index in [2.05, 4.69) is 0 Å². The second kappa shape index (κ2) is 2.73. The molecule has 10 heavy (non-hydrogen) atoms. The molecule has 0 bridgehead atoms. The highest BCUT2D eigenvalue weighted by molar-refractivity contribution is 5.86. The maximum atomic E-state index is 10.3. The fourth-order valence-electron chi connectivity index (χ4n) is 0.370. The number of carbonyl (C=O) groups is 1. The first kappa shape index (κ1) is 9.01. The van der Waals surface area contributed by atoms with E-state index < -0.39 is 5.91 Å². The Balaban J connectivity index is 4.35. The largest absolute Gasteiger partial charge is 0.401 e. The van der Waals surface area contributed by atoms with E-state index in [1.807, 2.05) is 20.8 Å². The highest BCUT2D eigenvalue weighted by atomic mass is 16.1. The Kier molecular flexibility index (Phi) is 2.46. The highest BCUT2D eigenvalue weighted by Crippen LogP contribution is 2.19. The van der Waals surface area contributed by atoms with Crippen LogP contribution in [0, 0.1) is 5.41 Å². The van der Waals surface area contributed by atoms with Gasteiger partial charge >= 0.3 is 0 Å². The van der Waals surface area contributed by atoms with Gasteiger partial charge in [0.1, 0.15) is 0 Å². The third-order valence-corrected chi connectivity index (χ3v) is 1.16. The summed E-state index contributed by atoms with van der Waals surface area (Å²) in [6, 6.07) is 0. The Morgan fingerprint density at radius 3 is 1.80 bits per heavy atom. The van der Waals surface area contributed by atoms with Crippen molar-refractivity contribution in [2.75, 3.05) is 0 Å². The van der Waals surface area contributed by atoms with Gasteiger partial charge in [-0.1, -0.05) is 20.8 Å². The number of rotatable bonds is 1. The normalized spacial score (nSPS) is 13.3. The van der Waals surface area contributed by atoms with Crippen molar-refractivity contribution in [3.05, 3.63) is 11.8 Å². The van der Waals surface area contributed by atoms with Crippen molar-refractivity contribution in [2.24, 2.45) is 16.9 Å². The van der Waals surface area contributed by atoms with E-state index in [0.717, 1.165) is 0 Å². The lowest BCUT2D eigenvalue weighted by molar-refractivity contribution is -0.113. The Morgan fingerprint density at radius 2 is 1.70 bits per heavy atom. The smallest absolute Gasteiger partial charge is 0.243 e. The molecule has 0 saturated heterocycles. The lowest BCUT2D eigenvalue weighted by Crippen LogP contribution is -2.20. The van der Waals surface area contributed by atoms with Gasteiger partial charge in [-0.3, -0.25) is 4.79 Å². The van der Waals surface area contributed by atoms with E-state index in [9.17, 15) is 4.79 Å². The highest BCUT2D eigenvalue weighted by Gasteiger charge is 2.13. The fourth-order valence-corrected chi connectivity index (χ4v) is 0.370. The molecule has 0 aliphatic heterocycles. The first-order valence-corrected chi connectivity index (χ1v) is 3.11. The molecule has 0 spiro atoms. The summed E-state index contributed by atoms with van der Waals surface area (Å²) in [5.74, 6) is -0.493. The zero-order valence-corrected chi connectivity index (χ0v) is 6.64. The molecule has 0 aliphatic rings. The number of nitrogens with two attached hydrogens (primary N) is 2. The molecule has 1 amide bonds. The first-order valence-electron chi connectivity index (χ1n) is 3.11. The van der Waals surface area contributed by atoms with Gasteiger partial charge in [-0.05, 0) is 0 Å². The quantitative estimate of drug-likeness (QED) is 0.519. The minimum absolute atomic E-state index is 0.172. The second-order valence-corrected chi connectivity index (χ2v) is 3.25. The minimum atomic E-state index is -0.493. The SMILES string of the molecule is CC(C)(C)C(N)=CC(N)=O. The van der Waals surface area contributed by atoms with Crippen LogP contribution in [0.15, 0.2) is 11.8 Å². The maximum Gasteiger partial charge on any atom is 0.243 e.